The van der Waals surface area contributed by atoms with E-state index in [4.69, 9.17) is 9.47 Å². The van der Waals surface area contributed by atoms with Crippen LogP contribution in [0.5, 0.6) is 11.5 Å². The van der Waals surface area contributed by atoms with E-state index >= 15 is 0 Å². The first-order valence-corrected chi connectivity index (χ1v) is 6.32. The summed E-state index contributed by atoms with van der Waals surface area (Å²) in [5.41, 5.74) is 0.106. The number of benzene rings is 1. The van der Waals surface area contributed by atoms with Gasteiger partial charge < -0.3 is 19.9 Å². The summed E-state index contributed by atoms with van der Waals surface area (Å²) < 4.78 is 10.2. The van der Waals surface area contributed by atoms with Crippen LogP contribution >= 0.6 is 0 Å². The Balaban J connectivity index is 2.51. The van der Waals surface area contributed by atoms with Crippen molar-refractivity contribution in [3.8, 4) is 11.5 Å². The first-order chi connectivity index (χ1) is 9.31. The summed E-state index contributed by atoms with van der Waals surface area (Å²) in [6, 6.07) is 4.94. The van der Waals surface area contributed by atoms with Crippen molar-refractivity contribution < 1.29 is 19.4 Å². The minimum atomic E-state index is -0.515. The molecule has 20 heavy (non-hydrogen) atoms. The summed E-state index contributed by atoms with van der Waals surface area (Å²) >= 11 is 0. The number of alkyl carbamates (subject to hydrolysis) is 1. The van der Waals surface area contributed by atoms with Gasteiger partial charge in [0.2, 0.25) is 0 Å². The molecular weight excluding hydrogens is 258 g/mol. The molecule has 5 nitrogen and oxygen atoms in total. The Kier molecular flexibility index (Phi) is 5.43. The van der Waals surface area contributed by atoms with Crippen LogP contribution in [0.15, 0.2) is 24.3 Å². The highest BCUT2D eigenvalue weighted by molar-refractivity contribution is 5.68. The molecule has 1 rings (SSSR count). The smallest absolute Gasteiger partial charge is 0.407 e. The van der Waals surface area contributed by atoms with Gasteiger partial charge in [0.25, 0.3) is 0 Å². The number of ether oxygens (including phenoxy) is 2. The largest absolute Gasteiger partial charge is 0.507 e. The highest BCUT2D eigenvalue weighted by Gasteiger charge is 2.14. The molecule has 0 spiro atoms. The predicted molar refractivity (Wildman–Crippen MR) is 77.9 cm³/mol. The predicted octanol–water partition coefficient (Wildman–Crippen LogP) is 2.94. The summed E-state index contributed by atoms with van der Waals surface area (Å²) in [5, 5.41) is 12.3. The van der Waals surface area contributed by atoms with Crippen LogP contribution in [0.3, 0.4) is 0 Å². The third-order valence-corrected chi connectivity index (χ3v) is 2.30. The topological polar surface area (TPSA) is 67.8 Å². The maximum absolute atomic E-state index is 11.4. The van der Waals surface area contributed by atoms with Gasteiger partial charge in [-0.15, -0.1) is 0 Å². The van der Waals surface area contributed by atoms with Gasteiger partial charge in [0, 0.05) is 12.1 Å². The number of carbonyl (C=O) groups is 1. The van der Waals surface area contributed by atoms with E-state index in [1.165, 1.54) is 0 Å². The van der Waals surface area contributed by atoms with Gasteiger partial charge in [-0.1, -0.05) is 12.2 Å². The average Bonchev–Trinajstić information content (AvgIpc) is 2.34. The van der Waals surface area contributed by atoms with Crippen LogP contribution in [0.4, 0.5) is 4.79 Å². The van der Waals surface area contributed by atoms with Gasteiger partial charge in [-0.2, -0.15) is 0 Å². The minimum absolute atomic E-state index is 0.152. The minimum Gasteiger partial charge on any atom is -0.507 e. The normalized spacial score (nSPS) is 11.4. The molecular formula is C15H21NO4. The molecule has 5 heteroatoms. The molecule has 0 fully saturated rings. The van der Waals surface area contributed by atoms with Crippen LogP contribution in [-0.4, -0.2) is 30.5 Å². The number of carbonyl (C=O) groups excluding carboxylic acids is 1. The van der Waals surface area contributed by atoms with Gasteiger partial charge in [-0.25, -0.2) is 4.79 Å². The lowest BCUT2D eigenvalue weighted by Crippen LogP contribution is -2.32. The van der Waals surface area contributed by atoms with E-state index < -0.39 is 11.7 Å². The lowest BCUT2D eigenvalue weighted by molar-refractivity contribution is 0.0534. The molecule has 0 heterocycles. The van der Waals surface area contributed by atoms with Gasteiger partial charge in [0.1, 0.15) is 17.1 Å². The maximum Gasteiger partial charge on any atom is 0.407 e. The monoisotopic (exact) mass is 279 g/mol. The Morgan fingerprint density at radius 2 is 2.10 bits per heavy atom. The van der Waals surface area contributed by atoms with Crippen molar-refractivity contribution in [3.63, 3.8) is 0 Å². The van der Waals surface area contributed by atoms with Crippen LogP contribution in [0.25, 0.3) is 6.08 Å². The second-order valence-electron chi connectivity index (χ2n) is 5.21. The van der Waals surface area contributed by atoms with Crippen LogP contribution < -0.4 is 10.1 Å². The second kappa shape index (κ2) is 6.84. The zero-order valence-electron chi connectivity index (χ0n) is 12.3. The van der Waals surface area contributed by atoms with Crippen LogP contribution in [0.2, 0.25) is 0 Å². The van der Waals surface area contributed by atoms with Crippen molar-refractivity contribution in [2.24, 2.45) is 0 Å². The average molecular weight is 279 g/mol. The van der Waals surface area contributed by atoms with Crippen molar-refractivity contribution in [1.29, 1.82) is 0 Å². The van der Waals surface area contributed by atoms with E-state index in [9.17, 15) is 9.90 Å². The highest BCUT2D eigenvalue weighted by Crippen LogP contribution is 2.23. The van der Waals surface area contributed by atoms with E-state index in [2.05, 4.69) is 5.32 Å². The van der Waals surface area contributed by atoms with Crippen molar-refractivity contribution in [2.75, 3.05) is 13.7 Å². The maximum atomic E-state index is 11.4. The van der Waals surface area contributed by atoms with Gasteiger partial charge >= 0.3 is 6.09 Å². The van der Waals surface area contributed by atoms with Crippen molar-refractivity contribution in [3.05, 3.63) is 29.8 Å². The molecule has 1 aromatic carbocycles. The molecule has 0 aromatic heterocycles. The number of hydrogen-bond acceptors (Lipinski definition) is 4. The third kappa shape index (κ3) is 5.65. The molecule has 0 aliphatic carbocycles. The fourth-order valence-electron chi connectivity index (χ4n) is 1.44. The van der Waals surface area contributed by atoms with Crippen LogP contribution in [0, 0.1) is 0 Å². The standard InChI is InChI=1S/C15H21NO4/c1-15(2,3)20-14(18)16-9-5-6-11-10-12(19-4)7-8-13(11)17/h5-8,10,17H,9H2,1-4H3,(H,16,18). The Labute approximate surface area is 119 Å². The SMILES string of the molecule is COc1ccc(O)c(C=CCNC(=O)OC(C)(C)C)c1. The van der Waals surface area contributed by atoms with Gasteiger partial charge in [0.15, 0.2) is 0 Å². The fraction of sp³-hybridized carbons (Fsp3) is 0.400. The zero-order chi connectivity index (χ0) is 15.2. The van der Waals surface area contributed by atoms with Crippen molar-refractivity contribution in [2.45, 2.75) is 26.4 Å². The molecule has 0 atom stereocenters. The number of aromatic hydroxyl groups is 1. The van der Waals surface area contributed by atoms with E-state index in [0.29, 0.717) is 17.9 Å². The summed E-state index contributed by atoms with van der Waals surface area (Å²) in [5.74, 6) is 0.807. The Morgan fingerprint density at radius 1 is 1.40 bits per heavy atom. The molecule has 1 aromatic rings. The van der Waals surface area contributed by atoms with E-state index in [-0.39, 0.29) is 5.75 Å². The molecule has 2 N–H and O–H groups in total. The number of rotatable bonds is 4. The van der Waals surface area contributed by atoms with Crippen molar-refractivity contribution >= 4 is 12.2 Å². The Morgan fingerprint density at radius 3 is 2.70 bits per heavy atom. The molecule has 110 valence electrons. The number of amides is 1. The molecule has 0 bridgehead atoms. The number of hydrogen-bond donors (Lipinski definition) is 2. The van der Waals surface area contributed by atoms with Crippen LogP contribution in [0.1, 0.15) is 26.3 Å². The lowest BCUT2D eigenvalue weighted by Gasteiger charge is -2.19. The number of nitrogens with one attached hydrogen (secondary N) is 1. The molecule has 0 aliphatic heterocycles. The summed E-state index contributed by atoms with van der Waals surface area (Å²) in [7, 11) is 1.56. The van der Waals surface area contributed by atoms with Gasteiger partial charge in [0.05, 0.1) is 7.11 Å². The van der Waals surface area contributed by atoms with Gasteiger partial charge in [-0.05, 0) is 39.0 Å². The number of methoxy groups -OCH3 is 1. The number of phenolic OH excluding ortho intramolecular Hbond substituents is 1. The van der Waals surface area contributed by atoms with E-state index in [1.54, 1.807) is 58.2 Å². The Hall–Kier alpha value is -2.17. The zero-order valence-corrected chi connectivity index (χ0v) is 12.3. The summed E-state index contributed by atoms with van der Waals surface area (Å²) in [4.78, 5) is 11.4. The fourth-order valence-corrected chi connectivity index (χ4v) is 1.44. The highest BCUT2D eigenvalue weighted by atomic mass is 16.6. The first-order valence-electron chi connectivity index (χ1n) is 6.32. The molecule has 0 radical (unpaired) electrons. The quantitative estimate of drug-likeness (QED) is 0.889. The molecule has 0 unspecified atom stereocenters. The molecule has 0 aliphatic rings. The summed E-state index contributed by atoms with van der Waals surface area (Å²) in [6.07, 6.45) is 2.95. The summed E-state index contributed by atoms with van der Waals surface area (Å²) in [6.45, 7) is 5.72. The molecule has 0 saturated carbocycles. The van der Waals surface area contributed by atoms with Crippen molar-refractivity contribution in [1.82, 2.24) is 5.32 Å². The van der Waals surface area contributed by atoms with E-state index in [1.807, 2.05) is 0 Å². The Bertz CT molecular complexity index is 489. The van der Waals surface area contributed by atoms with Crippen LogP contribution in [-0.2, 0) is 4.74 Å². The third-order valence-electron chi connectivity index (χ3n) is 2.30. The lowest BCUT2D eigenvalue weighted by atomic mass is 10.2. The number of phenols is 1. The molecule has 1 amide bonds. The molecule has 0 saturated heterocycles. The van der Waals surface area contributed by atoms with E-state index in [0.717, 1.165) is 0 Å². The second-order valence-corrected chi connectivity index (χ2v) is 5.21. The van der Waals surface area contributed by atoms with Gasteiger partial charge in [-0.3, -0.25) is 0 Å². The first kappa shape index (κ1) is 15.9.